The Balaban J connectivity index is 1.75. The lowest BCUT2D eigenvalue weighted by molar-refractivity contribution is 0.00504. The van der Waals surface area contributed by atoms with Crippen LogP contribution < -0.4 is 4.74 Å². The Morgan fingerprint density at radius 3 is 2.35 bits per heavy atom. The largest absolute Gasteiger partial charge is 0.468 e. The third kappa shape index (κ3) is 4.10. The fourth-order valence-electron chi connectivity index (χ4n) is 1.65. The number of ether oxygens (including phenoxy) is 3. The van der Waals surface area contributed by atoms with Crippen LogP contribution in [0.1, 0.15) is 15.9 Å². The van der Waals surface area contributed by atoms with Gasteiger partial charge in [-0.3, -0.25) is 0 Å². The highest BCUT2D eigenvalue weighted by atomic mass is 16.7. The first-order valence-electron chi connectivity index (χ1n) is 6.22. The van der Waals surface area contributed by atoms with Crippen molar-refractivity contribution in [2.45, 2.75) is 6.61 Å². The zero-order valence-corrected chi connectivity index (χ0v) is 11.2. The summed E-state index contributed by atoms with van der Waals surface area (Å²) in [5, 5.41) is 0. The Hall–Kier alpha value is -2.33. The van der Waals surface area contributed by atoms with Crippen molar-refractivity contribution >= 4 is 5.97 Å². The average molecular weight is 272 g/mol. The van der Waals surface area contributed by atoms with Crippen LogP contribution in [-0.2, 0) is 16.1 Å². The van der Waals surface area contributed by atoms with E-state index >= 15 is 0 Å². The predicted molar refractivity (Wildman–Crippen MR) is 74.5 cm³/mol. The molecule has 0 aliphatic rings. The molecule has 0 aliphatic carbocycles. The van der Waals surface area contributed by atoms with Crippen LogP contribution in [0.2, 0.25) is 0 Å². The summed E-state index contributed by atoms with van der Waals surface area (Å²) in [4.78, 5) is 11.3. The second-order valence-electron chi connectivity index (χ2n) is 4.11. The van der Waals surface area contributed by atoms with E-state index < -0.39 is 0 Å². The minimum absolute atomic E-state index is 0.159. The van der Waals surface area contributed by atoms with E-state index in [2.05, 4.69) is 4.74 Å². The van der Waals surface area contributed by atoms with Crippen LogP contribution in [-0.4, -0.2) is 19.9 Å². The molecule has 0 atom stereocenters. The summed E-state index contributed by atoms with van der Waals surface area (Å²) < 4.78 is 15.4. The topological polar surface area (TPSA) is 44.8 Å². The average Bonchev–Trinajstić information content (AvgIpc) is 2.52. The van der Waals surface area contributed by atoms with Gasteiger partial charge in [-0.25, -0.2) is 4.79 Å². The highest BCUT2D eigenvalue weighted by Gasteiger charge is 2.04. The molecule has 2 aromatic rings. The Kier molecular flexibility index (Phi) is 5.15. The monoisotopic (exact) mass is 272 g/mol. The van der Waals surface area contributed by atoms with Crippen molar-refractivity contribution in [1.82, 2.24) is 0 Å². The Morgan fingerprint density at radius 1 is 1.00 bits per heavy atom. The van der Waals surface area contributed by atoms with E-state index in [4.69, 9.17) is 9.47 Å². The molecule has 4 heteroatoms. The fraction of sp³-hybridized carbons (Fsp3) is 0.188. The van der Waals surface area contributed by atoms with Gasteiger partial charge in [-0.2, -0.15) is 0 Å². The van der Waals surface area contributed by atoms with Crippen molar-refractivity contribution in [2.24, 2.45) is 0 Å². The van der Waals surface area contributed by atoms with Gasteiger partial charge >= 0.3 is 5.97 Å². The van der Waals surface area contributed by atoms with E-state index in [0.717, 1.165) is 5.56 Å². The molecule has 0 bridgehead atoms. The van der Waals surface area contributed by atoms with E-state index in [9.17, 15) is 4.79 Å². The molecule has 0 amide bonds. The van der Waals surface area contributed by atoms with E-state index in [-0.39, 0.29) is 12.8 Å². The molecule has 0 aliphatic heterocycles. The minimum Gasteiger partial charge on any atom is -0.468 e. The Bertz CT molecular complexity index is 534. The van der Waals surface area contributed by atoms with Gasteiger partial charge in [0.25, 0.3) is 0 Å². The van der Waals surface area contributed by atoms with Gasteiger partial charge in [0.2, 0.25) is 0 Å². The molecule has 104 valence electrons. The van der Waals surface area contributed by atoms with Gasteiger partial charge < -0.3 is 14.2 Å². The number of benzene rings is 2. The highest BCUT2D eigenvalue weighted by molar-refractivity contribution is 5.89. The maximum Gasteiger partial charge on any atom is 0.337 e. The maximum atomic E-state index is 11.3. The smallest absolute Gasteiger partial charge is 0.337 e. The van der Waals surface area contributed by atoms with Gasteiger partial charge in [0.05, 0.1) is 19.3 Å². The zero-order valence-electron chi connectivity index (χ0n) is 11.2. The van der Waals surface area contributed by atoms with E-state index in [1.165, 1.54) is 7.11 Å². The minimum atomic E-state index is -0.364. The molecule has 0 spiro atoms. The van der Waals surface area contributed by atoms with Crippen LogP contribution >= 0.6 is 0 Å². The first-order valence-corrected chi connectivity index (χ1v) is 6.22. The molecule has 0 N–H and O–H groups in total. The van der Waals surface area contributed by atoms with Crippen molar-refractivity contribution in [3.63, 3.8) is 0 Å². The molecular formula is C16H16O4. The lowest BCUT2D eigenvalue weighted by Gasteiger charge is -2.07. The molecule has 4 nitrogen and oxygen atoms in total. The van der Waals surface area contributed by atoms with Gasteiger partial charge in [-0.15, -0.1) is 0 Å². The number of hydrogen-bond acceptors (Lipinski definition) is 4. The Labute approximate surface area is 117 Å². The molecular weight excluding hydrogens is 256 g/mol. The van der Waals surface area contributed by atoms with Gasteiger partial charge in [0, 0.05) is 0 Å². The highest BCUT2D eigenvalue weighted by Crippen LogP contribution is 2.13. The standard InChI is InChI=1S/C16H16O4/c1-18-16(17)14-7-9-15(10-8-14)20-12-19-11-13-5-3-2-4-6-13/h2-10H,11-12H2,1H3. The number of carbonyl (C=O) groups is 1. The summed E-state index contributed by atoms with van der Waals surface area (Å²) >= 11 is 0. The lowest BCUT2D eigenvalue weighted by atomic mass is 10.2. The molecule has 0 aromatic heterocycles. The number of esters is 1. The van der Waals surface area contributed by atoms with E-state index in [1.807, 2.05) is 30.3 Å². The number of hydrogen-bond donors (Lipinski definition) is 0. The number of methoxy groups -OCH3 is 1. The van der Waals surface area contributed by atoms with Crippen LogP contribution in [0.5, 0.6) is 5.75 Å². The molecule has 2 rings (SSSR count). The molecule has 0 unspecified atom stereocenters. The van der Waals surface area contributed by atoms with Crippen LogP contribution in [0.3, 0.4) is 0 Å². The summed E-state index contributed by atoms with van der Waals surface area (Å²) in [6.07, 6.45) is 0. The molecule has 0 heterocycles. The first-order chi connectivity index (χ1) is 9.79. The quantitative estimate of drug-likeness (QED) is 0.460. The third-order valence-electron chi connectivity index (χ3n) is 2.70. The SMILES string of the molecule is COC(=O)c1ccc(OCOCc2ccccc2)cc1. The Morgan fingerprint density at radius 2 is 1.70 bits per heavy atom. The fourth-order valence-corrected chi connectivity index (χ4v) is 1.65. The molecule has 0 fully saturated rings. The van der Waals surface area contributed by atoms with Gasteiger partial charge in [-0.05, 0) is 29.8 Å². The normalized spacial score (nSPS) is 10.1. The summed E-state index contributed by atoms with van der Waals surface area (Å²) in [7, 11) is 1.35. The summed E-state index contributed by atoms with van der Waals surface area (Å²) in [5.74, 6) is 0.280. The zero-order chi connectivity index (χ0) is 14.2. The van der Waals surface area contributed by atoms with Crippen LogP contribution in [0.15, 0.2) is 54.6 Å². The molecule has 20 heavy (non-hydrogen) atoms. The second-order valence-corrected chi connectivity index (χ2v) is 4.11. The van der Waals surface area contributed by atoms with Gasteiger partial charge in [0.1, 0.15) is 5.75 Å². The van der Waals surface area contributed by atoms with Crippen molar-refractivity contribution < 1.29 is 19.0 Å². The number of rotatable bonds is 6. The summed E-state index contributed by atoms with van der Waals surface area (Å²) in [6, 6.07) is 16.6. The summed E-state index contributed by atoms with van der Waals surface area (Å²) in [6.45, 7) is 0.660. The van der Waals surface area contributed by atoms with Crippen LogP contribution in [0, 0.1) is 0 Å². The van der Waals surface area contributed by atoms with Crippen molar-refractivity contribution in [3.05, 3.63) is 65.7 Å². The van der Waals surface area contributed by atoms with Crippen LogP contribution in [0.4, 0.5) is 0 Å². The van der Waals surface area contributed by atoms with Crippen molar-refractivity contribution in [3.8, 4) is 5.75 Å². The van der Waals surface area contributed by atoms with Crippen molar-refractivity contribution in [2.75, 3.05) is 13.9 Å². The maximum absolute atomic E-state index is 11.3. The van der Waals surface area contributed by atoms with Crippen LogP contribution in [0.25, 0.3) is 0 Å². The van der Waals surface area contributed by atoms with Gasteiger partial charge in [0.15, 0.2) is 6.79 Å². The first kappa shape index (κ1) is 14.1. The molecule has 0 radical (unpaired) electrons. The van der Waals surface area contributed by atoms with Gasteiger partial charge in [-0.1, -0.05) is 30.3 Å². The van der Waals surface area contributed by atoms with Crippen molar-refractivity contribution in [1.29, 1.82) is 0 Å². The third-order valence-corrected chi connectivity index (χ3v) is 2.70. The molecule has 0 saturated heterocycles. The second kappa shape index (κ2) is 7.31. The lowest BCUT2D eigenvalue weighted by Crippen LogP contribution is -2.04. The summed E-state index contributed by atoms with van der Waals surface area (Å²) in [5.41, 5.74) is 1.59. The predicted octanol–water partition coefficient (Wildman–Crippen LogP) is 3.03. The van der Waals surface area contributed by atoms with E-state index in [0.29, 0.717) is 17.9 Å². The number of carbonyl (C=O) groups excluding carboxylic acids is 1. The molecule has 2 aromatic carbocycles. The molecule has 0 saturated carbocycles. The van der Waals surface area contributed by atoms with E-state index in [1.54, 1.807) is 24.3 Å².